The van der Waals surface area contributed by atoms with Crippen LogP contribution >= 0.6 is 34.8 Å². The van der Waals surface area contributed by atoms with Crippen molar-refractivity contribution >= 4 is 69.8 Å². The molecule has 3 aromatic carbocycles. The number of hydrogen-bond acceptors (Lipinski definition) is 6. The summed E-state index contributed by atoms with van der Waals surface area (Å²) in [5, 5.41) is 11.3. The molecule has 3 aromatic rings. The van der Waals surface area contributed by atoms with Crippen LogP contribution in [0.4, 0.5) is 46.5 Å². The third kappa shape index (κ3) is 5.08. The number of rotatable bonds is 4. The molecule has 53 heavy (non-hydrogen) atoms. The lowest BCUT2D eigenvalue weighted by molar-refractivity contribution is -0.274. The summed E-state index contributed by atoms with van der Waals surface area (Å²) in [6, 6.07) is 6.29. The van der Waals surface area contributed by atoms with E-state index in [4.69, 9.17) is 34.8 Å². The Bertz CT molecular complexity index is 2210. The summed E-state index contributed by atoms with van der Waals surface area (Å²) in [5.74, 6) is -26.1. The maximum Gasteiger partial charge on any atom is 0.573 e. The van der Waals surface area contributed by atoms with E-state index in [0.29, 0.717) is 23.8 Å². The molecule has 0 spiro atoms. The zero-order valence-electron chi connectivity index (χ0n) is 26.3. The molecule has 6 unspecified atom stereocenters. The van der Waals surface area contributed by atoms with Crippen LogP contribution in [0.15, 0.2) is 48.0 Å². The minimum atomic E-state index is -5.30. The van der Waals surface area contributed by atoms with Gasteiger partial charge in [-0.25, -0.2) is 31.8 Å². The average Bonchev–Trinajstić information content (AvgIpc) is 3.43. The number of aromatic hydroxyl groups is 1. The topological polar surface area (TPSA) is 104 Å². The van der Waals surface area contributed by atoms with E-state index in [2.05, 4.69) is 4.74 Å². The van der Waals surface area contributed by atoms with Gasteiger partial charge in [-0.05, 0) is 61.6 Å². The number of anilines is 2. The maximum atomic E-state index is 15.2. The summed E-state index contributed by atoms with van der Waals surface area (Å²) in [6.45, 7) is 1.66. The van der Waals surface area contributed by atoms with Gasteiger partial charge in [-0.2, -0.15) is 0 Å². The molecule has 2 aliphatic carbocycles. The number of aryl methyl sites for hydroxylation is 1. The van der Waals surface area contributed by atoms with Crippen LogP contribution in [0, 0.1) is 53.8 Å². The maximum absolute atomic E-state index is 15.2. The van der Waals surface area contributed by atoms with Crippen LogP contribution < -0.4 is 14.5 Å². The summed E-state index contributed by atoms with van der Waals surface area (Å²) >= 11 is 20.2. The number of phenols is 1. The van der Waals surface area contributed by atoms with Crippen molar-refractivity contribution in [3.63, 3.8) is 0 Å². The molecule has 0 radical (unpaired) electrons. The van der Waals surface area contributed by atoms with Gasteiger partial charge in [0.05, 0.1) is 17.5 Å². The Labute approximate surface area is 307 Å². The van der Waals surface area contributed by atoms with E-state index in [9.17, 15) is 50.6 Å². The molecule has 1 N–H and O–H groups in total. The SMILES string of the molecule is Cc1ccc(N2C(=O)C3CC=C4C(CC5(Cl)C(=O)N(c6c(F)c(F)c(F)c(F)c6F)C(=O)C5(Cl)C4c4cc(OC(F)(F)F)ccc4O)C3C2=O)cc1Cl. The lowest BCUT2D eigenvalue weighted by Crippen LogP contribution is -2.60. The van der Waals surface area contributed by atoms with Crippen LogP contribution in [0.2, 0.25) is 5.02 Å². The van der Waals surface area contributed by atoms with Crippen LogP contribution in [0.1, 0.15) is 29.9 Å². The van der Waals surface area contributed by atoms with Gasteiger partial charge in [0, 0.05) is 16.5 Å². The van der Waals surface area contributed by atoms with Gasteiger partial charge in [0.25, 0.3) is 11.8 Å². The number of carbonyl (C=O) groups is 4. The van der Waals surface area contributed by atoms with Crippen molar-refractivity contribution in [3.05, 3.63) is 93.3 Å². The highest BCUT2D eigenvalue weighted by atomic mass is 35.5. The van der Waals surface area contributed by atoms with E-state index < -0.39 is 127 Å². The second kappa shape index (κ2) is 12.0. The Morgan fingerprint density at radius 3 is 2.06 bits per heavy atom. The summed E-state index contributed by atoms with van der Waals surface area (Å²) in [6.07, 6.45) is -5.13. The number of alkyl halides is 5. The summed E-state index contributed by atoms with van der Waals surface area (Å²) in [4.78, 5) is 50.9. The number of allylic oxidation sites excluding steroid dienone is 2. The fourth-order valence-corrected chi connectivity index (χ4v) is 8.95. The van der Waals surface area contributed by atoms with Crippen molar-refractivity contribution < 1.29 is 64.1 Å². The third-order valence-electron chi connectivity index (χ3n) is 10.2. The molecule has 2 aliphatic heterocycles. The molecule has 2 heterocycles. The number of nitrogens with zero attached hydrogens (tertiary/aromatic N) is 2. The molecule has 0 aromatic heterocycles. The van der Waals surface area contributed by atoms with Crippen molar-refractivity contribution in [1.29, 1.82) is 0 Å². The number of benzene rings is 3. The van der Waals surface area contributed by atoms with E-state index in [1.54, 1.807) is 6.92 Å². The molecule has 278 valence electrons. The molecule has 4 aliphatic rings. The summed E-state index contributed by atoms with van der Waals surface area (Å²) < 4.78 is 117. The van der Waals surface area contributed by atoms with Gasteiger partial charge in [-0.15, -0.1) is 36.4 Å². The Morgan fingerprint density at radius 2 is 1.45 bits per heavy atom. The van der Waals surface area contributed by atoms with Crippen LogP contribution in [0.3, 0.4) is 0 Å². The number of hydrogen-bond donors (Lipinski definition) is 1. The highest BCUT2D eigenvalue weighted by molar-refractivity contribution is 6.58. The van der Waals surface area contributed by atoms with Crippen molar-refractivity contribution in [2.45, 2.75) is 41.8 Å². The Balaban J connectivity index is 1.45. The van der Waals surface area contributed by atoms with E-state index in [0.717, 1.165) is 4.90 Å². The average molecular weight is 810 g/mol. The number of amides is 4. The highest BCUT2D eigenvalue weighted by Crippen LogP contribution is 2.67. The Hall–Kier alpha value is -4.41. The normalized spacial score (nSPS) is 28.3. The van der Waals surface area contributed by atoms with Gasteiger partial charge >= 0.3 is 6.36 Å². The van der Waals surface area contributed by atoms with Crippen LogP contribution in [-0.4, -0.2) is 44.8 Å². The second-order valence-electron chi connectivity index (χ2n) is 12.9. The number of phenolic OH excluding ortho intramolecular Hbond substituents is 1. The minimum Gasteiger partial charge on any atom is -0.508 e. The fourth-order valence-electron chi connectivity index (χ4n) is 7.85. The minimum absolute atomic E-state index is 0.0606. The first-order chi connectivity index (χ1) is 24.7. The van der Waals surface area contributed by atoms with E-state index in [1.165, 1.54) is 24.3 Å². The van der Waals surface area contributed by atoms with Gasteiger partial charge in [-0.1, -0.05) is 29.3 Å². The molecule has 1 saturated carbocycles. The Morgan fingerprint density at radius 1 is 0.830 bits per heavy atom. The van der Waals surface area contributed by atoms with Gasteiger partial charge in [0.15, 0.2) is 33.0 Å². The standard InChI is InChI=1S/C34H19Cl3F8N2O6/c1-11-2-3-12(8-18(11)35)46-28(49)15-6-5-14-17(20(15)29(46)50)10-32(36)30(51)47(27-25(41)23(39)22(38)24(40)26(27)42)31(52)33(32,37)21(14)16-9-13(4-7-19(16)48)53-34(43,44)45/h2-5,7-9,15,17,20-21,48H,6,10H2,1H3. The third-order valence-corrected chi connectivity index (χ3v) is 12.0. The van der Waals surface area contributed by atoms with Crippen molar-refractivity contribution in [1.82, 2.24) is 0 Å². The molecule has 6 atom stereocenters. The predicted molar refractivity (Wildman–Crippen MR) is 170 cm³/mol. The van der Waals surface area contributed by atoms with Crippen LogP contribution in [0.25, 0.3) is 0 Å². The van der Waals surface area contributed by atoms with Crippen molar-refractivity contribution in [2.75, 3.05) is 9.80 Å². The van der Waals surface area contributed by atoms with Crippen molar-refractivity contribution in [2.24, 2.45) is 17.8 Å². The molecule has 7 rings (SSSR count). The fraction of sp³-hybridized carbons (Fsp3) is 0.294. The molecule has 4 amide bonds. The predicted octanol–water partition coefficient (Wildman–Crippen LogP) is 7.72. The number of fused-ring (bicyclic) bond motifs is 4. The van der Waals surface area contributed by atoms with Gasteiger partial charge in [0.1, 0.15) is 17.2 Å². The first-order valence-corrected chi connectivity index (χ1v) is 16.5. The molecular formula is C34H19Cl3F8N2O6. The Kier molecular flexibility index (Phi) is 8.40. The first kappa shape index (κ1) is 36.9. The van der Waals surface area contributed by atoms with E-state index >= 15 is 8.78 Å². The summed E-state index contributed by atoms with van der Waals surface area (Å²) in [7, 11) is 0. The monoisotopic (exact) mass is 808 g/mol. The number of imide groups is 2. The second-order valence-corrected chi connectivity index (χ2v) is 14.6. The van der Waals surface area contributed by atoms with Crippen LogP contribution in [0.5, 0.6) is 11.5 Å². The lowest BCUT2D eigenvalue weighted by atomic mass is 9.56. The van der Waals surface area contributed by atoms with Gasteiger partial charge in [-0.3, -0.25) is 19.2 Å². The molecule has 3 fully saturated rings. The smallest absolute Gasteiger partial charge is 0.508 e. The van der Waals surface area contributed by atoms with Crippen LogP contribution in [-0.2, 0) is 19.2 Å². The number of halogens is 11. The number of ether oxygens (including phenoxy) is 1. The molecule has 2 saturated heterocycles. The quantitative estimate of drug-likeness (QED) is 0.0724. The lowest BCUT2D eigenvalue weighted by Gasteiger charge is -2.50. The first-order valence-electron chi connectivity index (χ1n) is 15.4. The largest absolute Gasteiger partial charge is 0.573 e. The number of carbonyl (C=O) groups excluding carboxylic acids is 4. The zero-order valence-corrected chi connectivity index (χ0v) is 28.6. The van der Waals surface area contributed by atoms with E-state index in [-0.39, 0.29) is 22.7 Å². The van der Waals surface area contributed by atoms with Gasteiger partial charge in [0.2, 0.25) is 17.6 Å². The molecule has 19 heteroatoms. The zero-order chi connectivity index (χ0) is 38.9. The molecule has 8 nitrogen and oxygen atoms in total. The molecular weight excluding hydrogens is 791 g/mol. The highest BCUT2D eigenvalue weighted by Gasteiger charge is 2.77. The summed E-state index contributed by atoms with van der Waals surface area (Å²) in [5.41, 5.74) is -2.16. The van der Waals surface area contributed by atoms with E-state index in [1.807, 2.05) is 0 Å². The molecule has 0 bridgehead atoms. The van der Waals surface area contributed by atoms with Gasteiger partial charge < -0.3 is 9.84 Å². The van der Waals surface area contributed by atoms with Crippen molar-refractivity contribution in [3.8, 4) is 11.5 Å².